The first kappa shape index (κ1) is 29.4. The zero-order chi connectivity index (χ0) is 27.5. The number of esters is 1. The third-order valence-electron chi connectivity index (χ3n) is 4.54. The fourth-order valence-electron chi connectivity index (χ4n) is 2.86. The summed E-state index contributed by atoms with van der Waals surface area (Å²) in [6, 6.07) is 9.19. The lowest BCUT2D eigenvalue weighted by Gasteiger charge is -2.18. The molecular formula is C24H24N2O9S2. The number of ether oxygens (including phenoxy) is 1. The number of carbonyl (C=O) groups is 6. The largest absolute Gasteiger partial charge is 0.507 e. The monoisotopic (exact) mass is 548 g/mol. The van der Waals surface area contributed by atoms with Gasteiger partial charge in [0.05, 0.1) is 5.56 Å². The zero-order valence-electron chi connectivity index (χ0n) is 19.8. The zero-order valence-corrected chi connectivity index (χ0v) is 21.4. The normalized spacial score (nSPS) is 12.1. The first-order valence-electron chi connectivity index (χ1n) is 10.7. The Morgan fingerprint density at radius 2 is 1.35 bits per heavy atom. The van der Waals surface area contributed by atoms with Crippen LogP contribution in [0.5, 0.6) is 11.5 Å². The molecule has 0 bridgehead atoms. The molecule has 2 aromatic rings. The van der Waals surface area contributed by atoms with E-state index in [1.54, 1.807) is 12.1 Å². The number of aromatic hydroxyl groups is 1. The Morgan fingerprint density at radius 1 is 0.811 bits per heavy atom. The van der Waals surface area contributed by atoms with Crippen LogP contribution in [0.3, 0.4) is 0 Å². The predicted octanol–water partition coefficient (Wildman–Crippen LogP) is 1.84. The quantitative estimate of drug-likeness (QED) is 0.238. The van der Waals surface area contributed by atoms with E-state index in [1.165, 1.54) is 43.3 Å². The Labute approximate surface area is 220 Å². The van der Waals surface area contributed by atoms with Crippen LogP contribution in [-0.4, -0.2) is 67.8 Å². The second kappa shape index (κ2) is 14.0. The van der Waals surface area contributed by atoms with Crippen molar-refractivity contribution < 1.29 is 43.7 Å². The molecule has 196 valence electrons. The van der Waals surface area contributed by atoms with Gasteiger partial charge in [-0.2, -0.15) is 0 Å². The molecule has 13 heteroatoms. The van der Waals surface area contributed by atoms with E-state index >= 15 is 0 Å². The van der Waals surface area contributed by atoms with Crippen LogP contribution >= 0.6 is 23.5 Å². The predicted molar refractivity (Wildman–Crippen MR) is 137 cm³/mol. The second-order valence-corrected chi connectivity index (χ2v) is 9.49. The van der Waals surface area contributed by atoms with Gasteiger partial charge >= 0.3 is 11.9 Å². The molecule has 0 aliphatic carbocycles. The average Bonchev–Trinajstić information content (AvgIpc) is 2.83. The highest BCUT2D eigenvalue weighted by Crippen LogP contribution is 2.26. The van der Waals surface area contributed by atoms with Crippen molar-refractivity contribution in [3.8, 4) is 11.5 Å². The summed E-state index contributed by atoms with van der Waals surface area (Å²) >= 11 is 1.28. The SMILES string of the molecule is CC(=O)NC(CSC(=O)C(CSC(=O)c1ccccc1OC(=O)c1ccccc1O)NC(C)=O)C(=O)O. The third kappa shape index (κ3) is 9.28. The number of para-hydroxylation sites is 2. The van der Waals surface area contributed by atoms with Crippen LogP contribution in [-0.2, 0) is 19.2 Å². The van der Waals surface area contributed by atoms with Crippen LogP contribution in [0.15, 0.2) is 48.5 Å². The Hall–Kier alpha value is -3.84. The van der Waals surface area contributed by atoms with Gasteiger partial charge < -0.3 is 25.6 Å². The number of carbonyl (C=O) groups excluding carboxylic acids is 5. The molecule has 2 unspecified atom stereocenters. The lowest BCUT2D eigenvalue weighted by molar-refractivity contribution is -0.140. The number of phenolic OH excluding ortho intramolecular Hbond substituents is 1. The summed E-state index contributed by atoms with van der Waals surface area (Å²) in [5.41, 5.74) is -0.0702. The molecule has 0 radical (unpaired) electrons. The van der Waals surface area contributed by atoms with E-state index in [0.29, 0.717) is 23.5 Å². The van der Waals surface area contributed by atoms with E-state index in [-0.39, 0.29) is 34.1 Å². The van der Waals surface area contributed by atoms with Crippen molar-refractivity contribution in [2.75, 3.05) is 11.5 Å². The van der Waals surface area contributed by atoms with Gasteiger partial charge in [0.1, 0.15) is 29.1 Å². The molecule has 2 atom stereocenters. The van der Waals surface area contributed by atoms with Crippen molar-refractivity contribution >= 4 is 57.5 Å². The molecular weight excluding hydrogens is 524 g/mol. The summed E-state index contributed by atoms with van der Waals surface area (Å²) in [5.74, 6) is -4.16. The van der Waals surface area contributed by atoms with Gasteiger partial charge in [0.2, 0.25) is 22.0 Å². The number of carboxylic acid groups (broad SMARTS) is 1. The van der Waals surface area contributed by atoms with Gasteiger partial charge in [-0.1, -0.05) is 47.8 Å². The van der Waals surface area contributed by atoms with Gasteiger partial charge in [-0.25, -0.2) is 9.59 Å². The Kier molecular flexibility index (Phi) is 11.2. The Balaban J connectivity index is 2.09. The highest BCUT2D eigenvalue weighted by atomic mass is 32.2. The average molecular weight is 549 g/mol. The van der Waals surface area contributed by atoms with E-state index in [4.69, 9.17) is 4.74 Å². The minimum absolute atomic E-state index is 0.0227. The van der Waals surface area contributed by atoms with Gasteiger partial charge in [0, 0.05) is 25.4 Å². The highest BCUT2D eigenvalue weighted by Gasteiger charge is 2.26. The van der Waals surface area contributed by atoms with Crippen LogP contribution < -0.4 is 15.4 Å². The van der Waals surface area contributed by atoms with Crippen LogP contribution in [0, 0.1) is 0 Å². The van der Waals surface area contributed by atoms with Gasteiger partial charge in [0.15, 0.2) is 0 Å². The number of hydrogen-bond donors (Lipinski definition) is 4. The van der Waals surface area contributed by atoms with Crippen molar-refractivity contribution in [3.63, 3.8) is 0 Å². The van der Waals surface area contributed by atoms with Crippen molar-refractivity contribution in [1.82, 2.24) is 10.6 Å². The van der Waals surface area contributed by atoms with Crippen molar-refractivity contribution in [2.24, 2.45) is 0 Å². The second-order valence-electron chi connectivity index (χ2n) is 7.48. The number of hydrogen-bond acceptors (Lipinski definition) is 10. The van der Waals surface area contributed by atoms with E-state index in [9.17, 15) is 39.0 Å². The molecule has 0 spiro atoms. The first-order chi connectivity index (χ1) is 17.5. The van der Waals surface area contributed by atoms with Gasteiger partial charge in [-0.15, -0.1) is 0 Å². The van der Waals surface area contributed by atoms with Crippen LogP contribution in [0.1, 0.15) is 34.6 Å². The molecule has 11 nitrogen and oxygen atoms in total. The number of aliphatic carboxylic acids is 1. The van der Waals surface area contributed by atoms with E-state index in [0.717, 1.165) is 6.92 Å². The molecule has 4 N–H and O–H groups in total. The maximum absolute atomic E-state index is 12.9. The summed E-state index contributed by atoms with van der Waals surface area (Å²) in [6.45, 7) is 2.32. The third-order valence-corrected chi connectivity index (χ3v) is 6.60. The minimum atomic E-state index is -1.33. The van der Waals surface area contributed by atoms with Crippen molar-refractivity contribution in [3.05, 3.63) is 59.7 Å². The molecule has 2 amide bonds. The van der Waals surface area contributed by atoms with Crippen LogP contribution in [0.4, 0.5) is 0 Å². The fourth-order valence-corrected chi connectivity index (χ4v) is 4.74. The molecule has 2 rings (SSSR count). The fraction of sp³-hybridized carbons (Fsp3) is 0.250. The molecule has 37 heavy (non-hydrogen) atoms. The summed E-state index contributed by atoms with van der Waals surface area (Å²) < 4.78 is 5.31. The van der Waals surface area contributed by atoms with Crippen LogP contribution in [0.2, 0.25) is 0 Å². The summed E-state index contributed by atoms with van der Waals surface area (Å²) in [4.78, 5) is 72.1. The van der Waals surface area contributed by atoms with Crippen molar-refractivity contribution in [2.45, 2.75) is 25.9 Å². The lowest BCUT2D eigenvalue weighted by atomic mass is 10.2. The Morgan fingerprint density at radius 3 is 1.95 bits per heavy atom. The van der Waals surface area contributed by atoms with E-state index in [1.807, 2.05) is 0 Å². The number of nitrogens with one attached hydrogen (secondary N) is 2. The molecule has 2 aromatic carbocycles. The number of benzene rings is 2. The summed E-state index contributed by atoms with van der Waals surface area (Å²) in [6.07, 6.45) is 0. The minimum Gasteiger partial charge on any atom is -0.507 e. The molecule has 0 aromatic heterocycles. The lowest BCUT2D eigenvalue weighted by Crippen LogP contribution is -2.44. The number of thioether (sulfide) groups is 2. The standard InChI is InChI=1S/C24H24N2O9S2/c1-13(27)25-17(21(30)31)11-37-24(34)18(26-14(2)28)12-36-23(33)16-8-4-6-10-20(16)35-22(32)15-7-3-5-9-19(15)29/h3-10,17-18,29H,11-12H2,1-2H3,(H,25,27)(H,26,28)(H,30,31). The molecule has 0 aliphatic heterocycles. The maximum Gasteiger partial charge on any atom is 0.347 e. The number of amides is 2. The molecule has 0 aliphatic rings. The number of phenols is 1. The van der Waals surface area contributed by atoms with E-state index in [2.05, 4.69) is 10.6 Å². The van der Waals surface area contributed by atoms with E-state index < -0.39 is 46.1 Å². The molecule has 0 fully saturated rings. The number of rotatable bonds is 11. The molecule has 0 saturated heterocycles. The molecule has 0 heterocycles. The molecule has 0 saturated carbocycles. The topological polar surface area (TPSA) is 176 Å². The smallest absolute Gasteiger partial charge is 0.347 e. The Bertz CT molecular complexity index is 1200. The van der Waals surface area contributed by atoms with Gasteiger partial charge in [-0.3, -0.25) is 19.2 Å². The summed E-state index contributed by atoms with van der Waals surface area (Å²) in [7, 11) is 0. The summed E-state index contributed by atoms with van der Waals surface area (Å²) in [5, 5.41) is 22.5. The van der Waals surface area contributed by atoms with Gasteiger partial charge in [-0.05, 0) is 24.3 Å². The maximum atomic E-state index is 12.9. The number of carboxylic acids is 1. The van der Waals surface area contributed by atoms with Crippen LogP contribution in [0.25, 0.3) is 0 Å². The first-order valence-corrected chi connectivity index (χ1v) is 12.7. The van der Waals surface area contributed by atoms with Gasteiger partial charge in [0.25, 0.3) is 0 Å². The van der Waals surface area contributed by atoms with Crippen molar-refractivity contribution in [1.29, 1.82) is 0 Å². The highest BCUT2D eigenvalue weighted by molar-refractivity contribution is 8.15.